The monoisotopic (exact) mass is 486 g/mol. The number of fused-ring (bicyclic) bond motifs is 2. The van der Waals surface area contributed by atoms with Gasteiger partial charge in [0.25, 0.3) is 0 Å². The van der Waals surface area contributed by atoms with Gasteiger partial charge in [0.15, 0.2) is 11.5 Å². The van der Waals surface area contributed by atoms with E-state index in [1.807, 2.05) is 36.4 Å². The number of carbonyl (C=O) groups excluding carboxylic acids is 1. The van der Waals surface area contributed by atoms with Gasteiger partial charge in [0.05, 0.1) is 34.3 Å². The van der Waals surface area contributed by atoms with Crippen molar-refractivity contribution in [2.75, 3.05) is 5.32 Å². The molecule has 0 saturated heterocycles. The number of carbonyl (C=O) groups is 1. The summed E-state index contributed by atoms with van der Waals surface area (Å²) in [5.41, 5.74) is 8.93. The van der Waals surface area contributed by atoms with Crippen molar-refractivity contribution in [2.45, 2.75) is 19.8 Å². The van der Waals surface area contributed by atoms with Gasteiger partial charge < -0.3 is 10.3 Å². The summed E-state index contributed by atoms with van der Waals surface area (Å²) in [5.74, 6) is 0.775. The van der Waals surface area contributed by atoms with E-state index in [2.05, 4.69) is 49.5 Å². The Morgan fingerprint density at radius 2 is 1.84 bits per heavy atom. The minimum absolute atomic E-state index is 0.0453. The van der Waals surface area contributed by atoms with Crippen molar-refractivity contribution in [1.29, 1.82) is 0 Å². The molecular weight excluding hydrogens is 464 g/mol. The summed E-state index contributed by atoms with van der Waals surface area (Å²) in [4.78, 5) is 34.3. The highest BCUT2D eigenvalue weighted by Crippen LogP contribution is 2.32. The Morgan fingerprint density at radius 1 is 0.946 bits per heavy atom. The fourth-order valence-corrected chi connectivity index (χ4v) is 4.51. The van der Waals surface area contributed by atoms with Crippen LogP contribution in [0.1, 0.15) is 18.4 Å². The molecule has 180 valence electrons. The van der Waals surface area contributed by atoms with Crippen molar-refractivity contribution in [3.63, 3.8) is 0 Å². The highest BCUT2D eigenvalue weighted by Gasteiger charge is 2.29. The molecule has 37 heavy (non-hydrogen) atoms. The van der Waals surface area contributed by atoms with Crippen LogP contribution in [0.3, 0.4) is 0 Å². The quantitative estimate of drug-likeness (QED) is 0.304. The summed E-state index contributed by atoms with van der Waals surface area (Å²) in [6, 6.07) is 15.9. The maximum Gasteiger partial charge on any atom is 0.227 e. The largest absolute Gasteiger partial charge is 0.336 e. The maximum absolute atomic E-state index is 12.2. The zero-order chi connectivity index (χ0) is 24.9. The van der Waals surface area contributed by atoms with Gasteiger partial charge in [0, 0.05) is 29.4 Å². The maximum atomic E-state index is 12.2. The smallest absolute Gasteiger partial charge is 0.227 e. The molecule has 0 unspecified atom stereocenters. The summed E-state index contributed by atoms with van der Waals surface area (Å²) in [7, 11) is 0. The van der Waals surface area contributed by atoms with Crippen LogP contribution in [0.4, 0.5) is 5.69 Å². The van der Waals surface area contributed by atoms with E-state index in [0.29, 0.717) is 22.7 Å². The summed E-state index contributed by atoms with van der Waals surface area (Å²) >= 11 is 0. The summed E-state index contributed by atoms with van der Waals surface area (Å²) in [6.45, 7) is 2.06. The second-order valence-electron chi connectivity index (χ2n) is 9.40. The molecule has 5 heterocycles. The molecule has 1 aliphatic carbocycles. The van der Waals surface area contributed by atoms with Gasteiger partial charge in [-0.3, -0.25) is 19.9 Å². The molecule has 5 aromatic heterocycles. The standard InChI is InChI=1S/C28H22N8O/c1-15-3-2-4-17(11-15)23-24-21(9-10-30-23)33-27(34-24)26-25-22(35-36-26)8-7-20(32-25)18-12-19(14-29-13-18)31-28(37)16-5-6-16/h2-4,7-14,16H,5-6H2,1H3,(H,31,37)(H,33,34)(H,35,36). The van der Waals surface area contributed by atoms with Crippen molar-refractivity contribution in [3.8, 4) is 34.0 Å². The second-order valence-corrected chi connectivity index (χ2v) is 9.40. The lowest BCUT2D eigenvalue weighted by molar-refractivity contribution is -0.117. The minimum atomic E-state index is 0.0453. The zero-order valence-corrected chi connectivity index (χ0v) is 20.0. The van der Waals surface area contributed by atoms with Crippen LogP contribution in [0, 0.1) is 12.8 Å². The average Bonchev–Trinajstić information content (AvgIpc) is 3.55. The Balaban J connectivity index is 1.28. The van der Waals surface area contributed by atoms with E-state index in [1.165, 1.54) is 0 Å². The summed E-state index contributed by atoms with van der Waals surface area (Å²) in [6.07, 6.45) is 7.07. The normalized spacial score (nSPS) is 13.3. The SMILES string of the molecule is Cc1cccc(-c2nccc3[nH]c(-c4n[nH]c5ccc(-c6cncc(NC(=O)C7CC7)c6)nc45)nc23)c1. The molecule has 1 amide bonds. The van der Waals surface area contributed by atoms with Crippen LogP contribution >= 0.6 is 0 Å². The molecule has 9 nitrogen and oxygen atoms in total. The highest BCUT2D eigenvalue weighted by atomic mass is 16.2. The molecule has 6 aromatic rings. The Labute approximate surface area is 211 Å². The van der Waals surface area contributed by atoms with Crippen molar-refractivity contribution in [3.05, 3.63) is 72.7 Å². The zero-order valence-electron chi connectivity index (χ0n) is 20.0. The van der Waals surface area contributed by atoms with Gasteiger partial charge in [-0.2, -0.15) is 5.10 Å². The molecule has 0 spiro atoms. The van der Waals surface area contributed by atoms with Crippen LogP contribution in [0.2, 0.25) is 0 Å². The van der Waals surface area contributed by atoms with Crippen LogP contribution < -0.4 is 5.32 Å². The van der Waals surface area contributed by atoms with Crippen LogP contribution in [-0.4, -0.2) is 41.0 Å². The molecule has 0 radical (unpaired) electrons. The van der Waals surface area contributed by atoms with E-state index in [4.69, 9.17) is 9.97 Å². The van der Waals surface area contributed by atoms with Gasteiger partial charge in [0.1, 0.15) is 11.0 Å². The van der Waals surface area contributed by atoms with Gasteiger partial charge in [0.2, 0.25) is 5.91 Å². The summed E-state index contributed by atoms with van der Waals surface area (Å²) in [5, 5.41) is 10.5. The number of nitrogens with zero attached hydrogens (tertiary/aromatic N) is 5. The number of imidazole rings is 1. The molecule has 0 bridgehead atoms. The first-order valence-electron chi connectivity index (χ1n) is 12.2. The van der Waals surface area contributed by atoms with Crippen LogP contribution in [-0.2, 0) is 4.79 Å². The third-order valence-electron chi connectivity index (χ3n) is 6.57. The molecule has 0 aliphatic heterocycles. The highest BCUT2D eigenvalue weighted by molar-refractivity contribution is 5.96. The Hall–Kier alpha value is -4.92. The van der Waals surface area contributed by atoms with E-state index in [9.17, 15) is 4.79 Å². The lowest BCUT2D eigenvalue weighted by Gasteiger charge is -2.06. The van der Waals surface area contributed by atoms with Crippen molar-refractivity contribution < 1.29 is 4.79 Å². The average molecular weight is 487 g/mol. The third-order valence-corrected chi connectivity index (χ3v) is 6.57. The Kier molecular flexibility index (Phi) is 4.81. The third kappa shape index (κ3) is 3.90. The van der Waals surface area contributed by atoms with Crippen molar-refractivity contribution >= 4 is 33.7 Å². The number of aromatic nitrogens is 7. The first-order valence-corrected chi connectivity index (χ1v) is 12.2. The molecule has 3 N–H and O–H groups in total. The predicted octanol–water partition coefficient (Wildman–Crippen LogP) is 5.28. The molecule has 1 aliphatic rings. The molecule has 1 aromatic carbocycles. The number of aromatic amines is 2. The minimum Gasteiger partial charge on any atom is -0.336 e. The van der Waals surface area contributed by atoms with E-state index >= 15 is 0 Å². The van der Waals surface area contributed by atoms with Gasteiger partial charge in [-0.15, -0.1) is 0 Å². The van der Waals surface area contributed by atoms with Gasteiger partial charge in [-0.25, -0.2) is 9.97 Å². The molecule has 7 rings (SSSR count). The first kappa shape index (κ1) is 21.4. The number of hydrogen-bond acceptors (Lipinski definition) is 6. The number of benzene rings is 1. The Morgan fingerprint density at radius 3 is 2.70 bits per heavy atom. The summed E-state index contributed by atoms with van der Waals surface area (Å²) < 4.78 is 0. The Bertz CT molecular complexity index is 1810. The molecule has 9 heteroatoms. The van der Waals surface area contributed by atoms with E-state index in [0.717, 1.165) is 57.5 Å². The predicted molar refractivity (Wildman–Crippen MR) is 142 cm³/mol. The van der Waals surface area contributed by atoms with E-state index < -0.39 is 0 Å². The number of amides is 1. The van der Waals surface area contributed by atoms with Crippen molar-refractivity contribution in [2.24, 2.45) is 5.92 Å². The van der Waals surface area contributed by atoms with E-state index in [1.54, 1.807) is 18.6 Å². The number of hydrogen-bond donors (Lipinski definition) is 3. The van der Waals surface area contributed by atoms with Crippen molar-refractivity contribution in [1.82, 2.24) is 35.1 Å². The number of nitrogens with one attached hydrogen (secondary N) is 3. The van der Waals surface area contributed by atoms with Crippen LogP contribution in [0.5, 0.6) is 0 Å². The number of rotatable bonds is 5. The number of H-pyrrole nitrogens is 2. The van der Waals surface area contributed by atoms with Gasteiger partial charge in [-0.05, 0) is 50.1 Å². The van der Waals surface area contributed by atoms with Crippen LogP contribution in [0.25, 0.3) is 56.1 Å². The first-order chi connectivity index (χ1) is 18.1. The van der Waals surface area contributed by atoms with E-state index in [-0.39, 0.29) is 11.8 Å². The number of anilines is 1. The van der Waals surface area contributed by atoms with Gasteiger partial charge in [-0.1, -0.05) is 23.8 Å². The van der Waals surface area contributed by atoms with Gasteiger partial charge >= 0.3 is 0 Å². The fraction of sp³-hybridized carbons (Fsp3) is 0.143. The number of pyridine rings is 3. The molecule has 0 atom stereocenters. The topological polar surface area (TPSA) is 125 Å². The number of aryl methyl sites for hydroxylation is 1. The van der Waals surface area contributed by atoms with Crippen LogP contribution in [0.15, 0.2) is 67.1 Å². The fourth-order valence-electron chi connectivity index (χ4n) is 4.51. The lowest BCUT2D eigenvalue weighted by Crippen LogP contribution is -2.13. The lowest BCUT2D eigenvalue weighted by atomic mass is 10.1. The molecule has 1 saturated carbocycles. The molecule has 1 fully saturated rings. The molecular formula is C28H22N8O. The second kappa shape index (κ2) is 8.34.